The van der Waals surface area contributed by atoms with Gasteiger partial charge >= 0.3 is 5.97 Å². The molecule has 0 aromatic rings. The summed E-state index contributed by atoms with van der Waals surface area (Å²) in [6.45, 7) is 4.98. The van der Waals surface area contributed by atoms with Gasteiger partial charge in [0.2, 0.25) is 5.91 Å². The van der Waals surface area contributed by atoms with Crippen LogP contribution in [0.2, 0.25) is 0 Å². The summed E-state index contributed by atoms with van der Waals surface area (Å²) in [6.07, 6.45) is 73.8. The molecule has 0 aliphatic heterocycles. The van der Waals surface area contributed by atoms with Crippen LogP contribution in [0, 0.1) is 0 Å². The van der Waals surface area contributed by atoms with Crippen molar-refractivity contribution in [2.45, 2.75) is 379 Å². The second-order valence-electron chi connectivity index (χ2n) is 22.5. The third-order valence-electron chi connectivity index (χ3n) is 15.3. The number of hydrogen-bond acceptors (Lipinski definition) is 5. The number of amides is 1. The first-order valence-corrected chi connectivity index (χ1v) is 32.4. The molecule has 0 bridgehead atoms. The molecular formula is C65H127NO5. The van der Waals surface area contributed by atoms with E-state index in [0.29, 0.717) is 25.9 Å². The summed E-state index contributed by atoms with van der Waals surface area (Å²) in [6, 6.07) is -0.542. The Morgan fingerprint density at radius 3 is 1.00 bits per heavy atom. The average Bonchev–Trinajstić information content (AvgIpc) is 3.37. The first-order chi connectivity index (χ1) is 35.0. The van der Waals surface area contributed by atoms with Crippen LogP contribution in [0.15, 0.2) is 12.2 Å². The van der Waals surface area contributed by atoms with Gasteiger partial charge < -0.3 is 20.3 Å². The predicted octanol–water partition coefficient (Wildman–Crippen LogP) is 20.4. The van der Waals surface area contributed by atoms with E-state index in [9.17, 15) is 19.8 Å². The highest BCUT2D eigenvalue weighted by Gasteiger charge is 2.20. The van der Waals surface area contributed by atoms with Crippen LogP contribution in [0.3, 0.4) is 0 Å². The number of carbonyl (C=O) groups is 2. The molecule has 0 heterocycles. The molecule has 0 saturated carbocycles. The number of aliphatic hydroxyl groups excluding tert-OH is 2. The molecule has 0 radical (unpaired) electrons. The molecule has 0 aromatic carbocycles. The van der Waals surface area contributed by atoms with Crippen LogP contribution in [-0.2, 0) is 14.3 Å². The quantitative estimate of drug-likeness (QED) is 0.0320. The summed E-state index contributed by atoms with van der Waals surface area (Å²) < 4.78 is 5.49. The Bertz CT molecular complexity index is 1060. The third kappa shape index (κ3) is 57.7. The summed E-state index contributed by atoms with van der Waals surface area (Å²) in [5.74, 6) is -0.0186. The largest absolute Gasteiger partial charge is 0.466 e. The maximum atomic E-state index is 12.5. The molecule has 6 heteroatoms. The van der Waals surface area contributed by atoms with Crippen LogP contribution in [0.4, 0.5) is 0 Å². The van der Waals surface area contributed by atoms with Gasteiger partial charge in [0.05, 0.1) is 25.4 Å². The lowest BCUT2D eigenvalue weighted by molar-refractivity contribution is -0.143. The Hall–Kier alpha value is -1.40. The maximum Gasteiger partial charge on any atom is 0.305 e. The number of esters is 1. The van der Waals surface area contributed by atoms with Crippen molar-refractivity contribution in [2.24, 2.45) is 0 Å². The molecule has 3 N–H and O–H groups in total. The lowest BCUT2D eigenvalue weighted by Crippen LogP contribution is -2.45. The van der Waals surface area contributed by atoms with Gasteiger partial charge in [0.15, 0.2) is 0 Å². The smallest absolute Gasteiger partial charge is 0.305 e. The van der Waals surface area contributed by atoms with Crippen LogP contribution in [-0.4, -0.2) is 47.4 Å². The number of nitrogens with one attached hydrogen (secondary N) is 1. The van der Waals surface area contributed by atoms with Gasteiger partial charge in [-0.25, -0.2) is 0 Å². The molecule has 0 aliphatic carbocycles. The van der Waals surface area contributed by atoms with E-state index in [0.717, 1.165) is 38.5 Å². The first-order valence-electron chi connectivity index (χ1n) is 32.4. The molecule has 2 unspecified atom stereocenters. The summed E-state index contributed by atoms with van der Waals surface area (Å²) in [5.41, 5.74) is 0. The Morgan fingerprint density at radius 1 is 0.380 bits per heavy atom. The molecule has 0 spiro atoms. The number of allylic oxidation sites excluding steroid dienone is 2. The third-order valence-corrected chi connectivity index (χ3v) is 15.3. The summed E-state index contributed by atoms with van der Waals surface area (Å²) in [7, 11) is 0. The minimum atomic E-state index is -0.665. The number of carbonyl (C=O) groups excluding carboxylic acids is 2. The number of aliphatic hydroxyl groups is 2. The van der Waals surface area contributed by atoms with E-state index in [1.54, 1.807) is 0 Å². The number of hydrogen-bond donors (Lipinski definition) is 3. The van der Waals surface area contributed by atoms with Crippen LogP contribution >= 0.6 is 0 Å². The van der Waals surface area contributed by atoms with Gasteiger partial charge in [-0.2, -0.15) is 0 Å². The molecule has 1 amide bonds. The van der Waals surface area contributed by atoms with E-state index in [2.05, 4.69) is 31.3 Å². The lowest BCUT2D eigenvalue weighted by Gasteiger charge is -2.22. The van der Waals surface area contributed by atoms with E-state index >= 15 is 0 Å². The molecule has 2 atom stereocenters. The topological polar surface area (TPSA) is 95.9 Å². The zero-order valence-corrected chi connectivity index (χ0v) is 48.2. The van der Waals surface area contributed by atoms with E-state index in [1.165, 1.54) is 295 Å². The van der Waals surface area contributed by atoms with Crippen LogP contribution in [0.25, 0.3) is 0 Å². The average molecular weight is 1000 g/mol. The van der Waals surface area contributed by atoms with Gasteiger partial charge in [-0.3, -0.25) is 9.59 Å². The van der Waals surface area contributed by atoms with Crippen LogP contribution in [0.5, 0.6) is 0 Å². The minimum Gasteiger partial charge on any atom is -0.466 e. The van der Waals surface area contributed by atoms with Crippen molar-refractivity contribution in [3.05, 3.63) is 12.2 Å². The zero-order valence-electron chi connectivity index (χ0n) is 48.2. The molecule has 422 valence electrons. The van der Waals surface area contributed by atoms with E-state index in [4.69, 9.17) is 4.74 Å². The molecule has 0 rings (SSSR count). The summed E-state index contributed by atoms with van der Waals surface area (Å²) in [5, 5.41) is 23.3. The van der Waals surface area contributed by atoms with Crippen molar-refractivity contribution >= 4 is 11.9 Å². The van der Waals surface area contributed by atoms with Crippen molar-refractivity contribution in [2.75, 3.05) is 13.2 Å². The van der Waals surface area contributed by atoms with E-state index in [-0.39, 0.29) is 18.5 Å². The van der Waals surface area contributed by atoms with Gasteiger partial charge in [-0.15, -0.1) is 0 Å². The van der Waals surface area contributed by atoms with Crippen LogP contribution < -0.4 is 5.32 Å². The Kier molecular flexibility index (Phi) is 59.9. The normalized spacial score (nSPS) is 12.6. The molecule has 0 fully saturated rings. The SMILES string of the molecule is CCCCCCCCCCCCCCCCCC(=O)OCCCCCCCCCCCCCC/C=C\CCCCCCCCCCCC(=O)NC(CO)C(O)CCCCCCCCCCCCCCCC. The molecule has 0 aromatic heterocycles. The Balaban J connectivity index is 3.37. The predicted molar refractivity (Wildman–Crippen MR) is 310 cm³/mol. The van der Waals surface area contributed by atoms with Gasteiger partial charge in [-0.1, -0.05) is 315 Å². The minimum absolute atomic E-state index is 0.0171. The summed E-state index contributed by atoms with van der Waals surface area (Å²) in [4.78, 5) is 24.5. The van der Waals surface area contributed by atoms with E-state index < -0.39 is 12.1 Å². The van der Waals surface area contributed by atoms with Crippen molar-refractivity contribution in [1.82, 2.24) is 5.32 Å². The molecular weight excluding hydrogens is 875 g/mol. The van der Waals surface area contributed by atoms with Gasteiger partial charge in [-0.05, 0) is 51.4 Å². The number of rotatable bonds is 61. The first kappa shape index (κ1) is 69.6. The van der Waals surface area contributed by atoms with E-state index in [1.807, 2.05) is 0 Å². The second kappa shape index (κ2) is 61.1. The van der Waals surface area contributed by atoms with Gasteiger partial charge in [0, 0.05) is 12.8 Å². The van der Waals surface area contributed by atoms with Gasteiger partial charge in [0.1, 0.15) is 0 Å². The van der Waals surface area contributed by atoms with Crippen molar-refractivity contribution < 1.29 is 24.5 Å². The highest BCUT2D eigenvalue weighted by Crippen LogP contribution is 2.18. The zero-order chi connectivity index (χ0) is 51.4. The summed E-state index contributed by atoms with van der Waals surface area (Å²) >= 11 is 0. The molecule has 71 heavy (non-hydrogen) atoms. The van der Waals surface area contributed by atoms with Crippen molar-refractivity contribution in [3.63, 3.8) is 0 Å². The van der Waals surface area contributed by atoms with Crippen molar-refractivity contribution in [1.29, 1.82) is 0 Å². The maximum absolute atomic E-state index is 12.5. The monoisotopic (exact) mass is 1000 g/mol. The highest BCUT2D eigenvalue weighted by molar-refractivity contribution is 5.76. The molecule has 6 nitrogen and oxygen atoms in total. The fourth-order valence-electron chi connectivity index (χ4n) is 10.3. The fourth-order valence-corrected chi connectivity index (χ4v) is 10.3. The number of ether oxygens (including phenoxy) is 1. The highest BCUT2D eigenvalue weighted by atomic mass is 16.5. The lowest BCUT2D eigenvalue weighted by atomic mass is 10.0. The Labute approximate surface area is 444 Å². The standard InChI is InChI=1S/C65H127NO5/c1-3-5-7-9-11-13-15-17-30-35-39-43-47-51-55-59-65(70)71-60-56-52-48-44-40-36-32-29-27-25-23-21-19-20-22-24-26-28-31-34-38-42-46-50-54-58-64(69)66-62(61-67)63(68)57-53-49-45-41-37-33-18-16-14-12-10-8-6-4-2/h20,22,62-63,67-68H,3-19,21,23-61H2,1-2H3,(H,66,69)/b22-20-. The van der Waals surface area contributed by atoms with Crippen molar-refractivity contribution in [3.8, 4) is 0 Å². The van der Waals surface area contributed by atoms with Crippen LogP contribution in [0.1, 0.15) is 367 Å². The Morgan fingerprint density at radius 2 is 0.662 bits per heavy atom. The molecule has 0 saturated heterocycles. The molecule has 0 aliphatic rings. The fraction of sp³-hybridized carbons (Fsp3) is 0.938. The van der Waals surface area contributed by atoms with Gasteiger partial charge in [0.25, 0.3) is 0 Å². The number of unbranched alkanes of at least 4 members (excludes halogenated alkanes) is 48. The second-order valence-corrected chi connectivity index (χ2v) is 22.5.